The van der Waals surface area contributed by atoms with Gasteiger partial charge in [0.25, 0.3) is 0 Å². The molecule has 1 aromatic rings. The van der Waals surface area contributed by atoms with E-state index in [0.717, 1.165) is 0 Å². The van der Waals surface area contributed by atoms with Gasteiger partial charge in [0.05, 0.1) is 6.21 Å². The van der Waals surface area contributed by atoms with Crippen LogP contribution in [0.1, 0.15) is 5.56 Å². The predicted octanol–water partition coefficient (Wildman–Crippen LogP) is 1.55. The van der Waals surface area contributed by atoms with Crippen molar-refractivity contribution in [2.75, 3.05) is 0 Å². The van der Waals surface area contributed by atoms with E-state index in [2.05, 4.69) is 14.9 Å². The van der Waals surface area contributed by atoms with Gasteiger partial charge in [-0.1, -0.05) is 11.6 Å². The van der Waals surface area contributed by atoms with Crippen molar-refractivity contribution in [2.24, 2.45) is 21.7 Å². The first kappa shape index (κ1) is 13.2. The van der Waals surface area contributed by atoms with Crippen molar-refractivity contribution in [1.82, 2.24) is 0 Å². The third-order valence-electron chi connectivity index (χ3n) is 1.56. The molecule has 0 fully saturated rings. The van der Waals surface area contributed by atoms with E-state index in [1.54, 1.807) is 0 Å². The van der Waals surface area contributed by atoms with Crippen LogP contribution in [0.3, 0.4) is 0 Å². The first-order chi connectivity index (χ1) is 7.99. The second-order valence-electron chi connectivity index (χ2n) is 2.83. The van der Waals surface area contributed by atoms with E-state index < -0.39 is 6.61 Å². The van der Waals surface area contributed by atoms with Crippen molar-refractivity contribution in [3.05, 3.63) is 28.8 Å². The van der Waals surface area contributed by atoms with Crippen LogP contribution in [0.4, 0.5) is 8.78 Å². The highest BCUT2D eigenvalue weighted by Crippen LogP contribution is 2.23. The quantitative estimate of drug-likeness (QED) is 0.490. The fourth-order valence-corrected chi connectivity index (χ4v) is 1.13. The summed E-state index contributed by atoms with van der Waals surface area (Å²) in [4.78, 5) is 0. The van der Waals surface area contributed by atoms with E-state index in [1.807, 2.05) is 0 Å². The normalized spacial score (nSPS) is 10.8. The number of hydrogen-bond acceptors (Lipinski definition) is 3. The summed E-state index contributed by atoms with van der Waals surface area (Å²) in [5.74, 6) is -0.353. The van der Waals surface area contributed by atoms with Crippen molar-refractivity contribution >= 4 is 23.8 Å². The molecule has 0 saturated heterocycles. The Kier molecular flexibility index (Phi) is 4.65. The third kappa shape index (κ3) is 4.64. The second-order valence-corrected chi connectivity index (χ2v) is 3.27. The molecule has 0 aliphatic heterocycles. The fourth-order valence-electron chi connectivity index (χ4n) is 0.971. The second kappa shape index (κ2) is 6.00. The number of benzene rings is 1. The van der Waals surface area contributed by atoms with E-state index >= 15 is 0 Å². The van der Waals surface area contributed by atoms with E-state index in [1.165, 1.54) is 24.4 Å². The molecule has 0 aliphatic rings. The highest BCUT2D eigenvalue weighted by Gasteiger charge is 2.09. The van der Waals surface area contributed by atoms with E-state index in [9.17, 15) is 8.78 Å². The van der Waals surface area contributed by atoms with Gasteiger partial charge in [-0.15, -0.1) is 5.10 Å². The number of guanidine groups is 1. The number of hydrogen-bond donors (Lipinski definition) is 2. The minimum absolute atomic E-state index is 0.109. The lowest BCUT2D eigenvalue weighted by molar-refractivity contribution is -0.0499. The van der Waals surface area contributed by atoms with Crippen LogP contribution < -0.4 is 16.2 Å². The molecule has 17 heavy (non-hydrogen) atoms. The minimum atomic E-state index is -2.95. The molecule has 0 unspecified atom stereocenters. The van der Waals surface area contributed by atoms with Gasteiger partial charge < -0.3 is 16.2 Å². The predicted molar refractivity (Wildman–Crippen MR) is 61.5 cm³/mol. The molecule has 92 valence electrons. The molecule has 0 heterocycles. The number of ether oxygens (including phenoxy) is 1. The van der Waals surface area contributed by atoms with Crippen LogP contribution in [0.5, 0.6) is 5.75 Å². The fraction of sp³-hybridized carbons (Fsp3) is 0.111. The van der Waals surface area contributed by atoms with Gasteiger partial charge in [0.2, 0.25) is 5.96 Å². The highest BCUT2D eigenvalue weighted by molar-refractivity contribution is 6.30. The lowest BCUT2D eigenvalue weighted by atomic mass is 10.2. The molecule has 0 saturated carbocycles. The number of alkyl halides is 2. The Hall–Kier alpha value is -1.89. The summed E-state index contributed by atoms with van der Waals surface area (Å²) in [6.45, 7) is -2.95. The van der Waals surface area contributed by atoms with Gasteiger partial charge in [-0.3, -0.25) is 0 Å². The molecule has 8 heteroatoms. The molecule has 0 radical (unpaired) electrons. The summed E-state index contributed by atoms with van der Waals surface area (Å²) in [5, 5.41) is 7.08. The largest absolute Gasteiger partial charge is 0.434 e. The number of rotatable bonds is 4. The topological polar surface area (TPSA) is 86.0 Å². The molecule has 0 aromatic heterocycles. The van der Waals surface area contributed by atoms with Crippen molar-refractivity contribution in [2.45, 2.75) is 6.61 Å². The standard InChI is InChI=1S/C9H9ClF2N4O/c10-6-2-1-5(4-15-16-9(13)14)7(3-6)17-8(11)12/h1-4,8H,(H4,13,14,16). The molecule has 0 aliphatic carbocycles. The monoisotopic (exact) mass is 262 g/mol. The van der Waals surface area contributed by atoms with Crippen LogP contribution in [-0.4, -0.2) is 18.8 Å². The van der Waals surface area contributed by atoms with Gasteiger partial charge >= 0.3 is 6.61 Å². The van der Waals surface area contributed by atoms with Crippen LogP contribution in [0.2, 0.25) is 5.02 Å². The van der Waals surface area contributed by atoms with Crippen LogP contribution >= 0.6 is 11.6 Å². The summed E-state index contributed by atoms with van der Waals surface area (Å²) in [5.41, 5.74) is 10.4. The van der Waals surface area contributed by atoms with E-state index in [4.69, 9.17) is 23.1 Å². The van der Waals surface area contributed by atoms with E-state index in [0.29, 0.717) is 0 Å². The Balaban J connectivity index is 2.97. The molecular weight excluding hydrogens is 254 g/mol. The van der Waals surface area contributed by atoms with Gasteiger partial charge in [0, 0.05) is 10.6 Å². The minimum Gasteiger partial charge on any atom is -0.434 e. The first-order valence-corrected chi connectivity index (χ1v) is 4.73. The lowest BCUT2D eigenvalue weighted by Gasteiger charge is -2.07. The van der Waals surface area contributed by atoms with Gasteiger partial charge in [0.1, 0.15) is 5.75 Å². The number of halogens is 3. The number of nitrogens with two attached hydrogens (primary N) is 2. The maximum atomic E-state index is 12.1. The Morgan fingerprint density at radius 1 is 1.41 bits per heavy atom. The third-order valence-corrected chi connectivity index (χ3v) is 1.80. The summed E-state index contributed by atoms with van der Waals surface area (Å²) in [6.07, 6.45) is 1.17. The van der Waals surface area contributed by atoms with Crippen molar-refractivity contribution in [3.63, 3.8) is 0 Å². The Bertz CT molecular complexity index is 447. The molecule has 0 spiro atoms. The van der Waals surface area contributed by atoms with E-state index in [-0.39, 0.29) is 22.3 Å². The average molecular weight is 263 g/mol. The van der Waals surface area contributed by atoms with Crippen LogP contribution in [-0.2, 0) is 0 Å². The molecular formula is C9H9ClF2N4O. The zero-order valence-corrected chi connectivity index (χ0v) is 9.23. The van der Waals surface area contributed by atoms with Crippen LogP contribution in [0, 0.1) is 0 Å². The molecule has 0 bridgehead atoms. The SMILES string of the molecule is NC(N)=NN=Cc1ccc(Cl)cc1OC(F)F. The average Bonchev–Trinajstić information content (AvgIpc) is 2.20. The Morgan fingerprint density at radius 3 is 2.71 bits per heavy atom. The summed E-state index contributed by atoms with van der Waals surface area (Å²) in [6, 6.07) is 4.19. The highest BCUT2D eigenvalue weighted by atomic mass is 35.5. The molecule has 1 aromatic carbocycles. The van der Waals surface area contributed by atoms with Crippen molar-refractivity contribution in [3.8, 4) is 5.75 Å². The van der Waals surface area contributed by atoms with Crippen molar-refractivity contribution < 1.29 is 13.5 Å². The van der Waals surface area contributed by atoms with Gasteiger partial charge in [-0.25, -0.2) is 0 Å². The zero-order valence-electron chi connectivity index (χ0n) is 8.48. The molecule has 0 atom stereocenters. The smallest absolute Gasteiger partial charge is 0.387 e. The lowest BCUT2D eigenvalue weighted by Crippen LogP contribution is -2.21. The van der Waals surface area contributed by atoms with Crippen LogP contribution in [0.15, 0.2) is 28.4 Å². The molecule has 0 amide bonds. The number of nitrogens with zero attached hydrogens (tertiary/aromatic N) is 2. The molecule has 1 rings (SSSR count). The summed E-state index contributed by atoms with van der Waals surface area (Å²) < 4.78 is 28.5. The zero-order chi connectivity index (χ0) is 12.8. The van der Waals surface area contributed by atoms with Crippen molar-refractivity contribution in [1.29, 1.82) is 0 Å². The van der Waals surface area contributed by atoms with Gasteiger partial charge in [0.15, 0.2) is 0 Å². The maximum Gasteiger partial charge on any atom is 0.387 e. The van der Waals surface area contributed by atoms with Gasteiger partial charge in [-0.05, 0) is 18.2 Å². The molecule has 5 nitrogen and oxygen atoms in total. The summed E-state index contributed by atoms with van der Waals surface area (Å²) >= 11 is 5.65. The van der Waals surface area contributed by atoms with Gasteiger partial charge in [-0.2, -0.15) is 13.9 Å². The Morgan fingerprint density at radius 2 is 2.12 bits per heavy atom. The molecule has 4 N–H and O–H groups in total. The summed E-state index contributed by atoms with van der Waals surface area (Å²) in [7, 11) is 0. The maximum absolute atomic E-state index is 12.1. The first-order valence-electron chi connectivity index (χ1n) is 4.35. The van der Waals surface area contributed by atoms with Crippen LogP contribution in [0.25, 0.3) is 0 Å². The Labute approximate surface area is 101 Å².